The Morgan fingerprint density at radius 1 is 1.36 bits per heavy atom. The van der Waals surface area contributed by atoms with Crippen molar-refractivity contribution in [3.8, 4) is 5.75 Å². The predicted molar refractivity (Wildman–Crippen MR) is 91.8 cm³/mol. The summed E-state index contributed by atoms with van der Waals surface area (Å²) in [7, 11) is 1.97. The maximum Gasteiger partial charge on any atom is 0.222 e. The molecule has 1 aliphatic rings. The lowest BCUT2D eigenvalue weighted by Gasteiger charge is -2.32. The van der Waals surface area contributed by atoms with E-state index in [2.05, 4.69) is 5.32 Å². The molecule has 1 aliphatic heterocycles. The highest BCUT2D eigenvalue weighted by Gasteiger charge is 2.21. The topological polar surface area (TPSA) is 41.6 Å². The summed E-state index contributed by atoms with van der Waals surface area (Å²) in [6, 6.07) is 8.49. The minimum Gasteiger partial charge on any atom is -0.494 e. The molecule has 1 aromatic carbocycles. The van der Waals surface area contributed by atoms with Gasteiger partial charge in [0.05, 0.1) is 6.61 Å². The van der Waals surface area contributed by atoms with E-state index in [0.29, 0.717) is 19.1 Å². The third-order valence-corrected chi connectivity index (χ3v) is 4.04. The van der Waals surface area contributed by atoms with E-state index >= 15 is 0 Å². The quantitative estimate of drug-likeness (QED) is 0.874. The van der Waals surface area contributed by atoms with E-state index in [9.17, 15) is 4.79 Å². The Morgan fingerprint density at radius 2 is 2.09 bits per heavy atom. The molecule has 1 unspecified atom stereocenters. The molecule has 22 heavy (non-hydrogen) atoms. The van der Waals surface area contributed by atoms with Crippen LogP contribution < -0.4 is 10.1 Å². The van der Waals surface area contributed by atoms with Crippen molar-refractivity contribution in [1.82, 2.24) is 10.2 Å². The van der Waals surface area contributed by atoms with Crippen LogP contribution in [0, 0.1) is 0 Å². The van der Waals surface area contributed by atoms with Gasteiger partial charge in [-0.05, 0) is 50.9 Å². The van der Waals surface area contributed by atoms with E-state index in [0.717, 1.165) is 31.7 Å². The molecule has 0 spiro atoms. The Bertz CT molecular complexity index is 450. The molecular weight excluding hydrogens is 300 g/mol. The van der Waals surface area contributed by atoms with Gasteiger partial charge in [0.15, 0.2) is 0 Å². The van der Waals surface area contributed by atoms with Crippen LogP contribution in [-0.2, 0) is 11.2 Å². The molecule has 1 N–H and O–H groups in total. The van der Waals surface area contributed by atoms with Gasteiger partial charge in [-0.2, -0.15) is 0 Å². The van der Waals surface area contributed by atoms with Crippen LogP contribution >= 0.6 is 12.4 Å². The second-order valence-corrected chi connectivity index (χ2v) is 5.54. The maximum atomic E-state index is 12.3. The van der Waals surface area contributed by atoms with Crippen LogP contribution in [0.5, 0.6) is 5.75 Å². The van der Waals surface area contributed by atoms with Gasteiger partial charge in [-0.1, -0.05) is 12.1 Å². The first kappa shape index (κ1) is 18.8. The van der Waals surface area contributed by atoms with Crippen molar-refractivity contribution in [1.29, 1.82) is 0 Å². The fraction of sp³-hybridized carbons (Fsp3) is 0.588. The summed E-state index contributed by atoms with van der Waals surface area (Å²) in [6.45, 7) is 4.40. The molecule has 1 atom stereocenters. The van der Waals surface area contributed by atoms with E-state index in [1.807, 2.05) is 43.1 Å². The average Bonchev–Trinajstić information content (AvgIpc) is 2.54. The lowest BCUT2D eigenvalue weighted by Crippen LogP contribution is -2.47. The number of nitrogens with zero attached hydrogens (tertiary/aromatic N) is 1. The fourth-order valence-electron chi connectivity index (χ4n) is 2.77. The Labute approximate surface area is 139 Å². The molecule has 1 saturated heterocycles. The summed E-state index contributed by atoms with van der Waals surface area (Å²) < 4.78 is 5.42. The Kier molecular flexibility index (Phi) is 8.28. The van der Waals surface area contributed by atoms with Gasteiger partial charge in [-0.3, -0.25) is 4.79 Å². The molecule has 124 valence electrons. The summed E-state index contributed by atoms with van der Waals surface area (Å²) in [4.78, 5) is 14.3. The summed E-state index contributed by atoms with van der Waals surface area (Å²) in [6.07, 6.45) is 3.65. The highest BCUT2D eigenvalue weighted by atomic mass is 35.5. The van der Waals surface area contributed by atoms with Crippen LogP contribution in [0.15, 0.2) is 24.3 Å². The third kappa shape index (κ3) is 5.50. The van der Waals surface area contributed by atoms with Gasteiger partial charge < -0.3 is 15.0 Å². The lowest BCUT2D eigenvalue weighted by molar-refractivity contribution is -0.132. The number of carbonyl (C=O) groups is 1. The van der Waals surface area contributed by atoms with Crippen molar-refractivity contribution >= 4 is 18.3 Å². The van der Waals surface area contributed by atoms with Crippen LogP contribution in [0.3, 0.4) is 0 Å². The largest absolute Gasteiger partial charge is 0.494 e. The highest BCUT2D eigenvalue weighted by molar-refractivity contribution is 5.85. The minimum atomic E-state index is 0. The van der Waals surface area contributed by atoms with Crippen LogP contribution in [0.25, 0.3) is 0 Å². The number of carbonyl (C=O) groups excluding carboxylic acids is 1. The van der Waals surface area contributed by atoms with Crippen LogP contribution in [0.4, 0.5) is 0 Å². The number of likely N-dealkylation sites (N-methyl/N-ethyl adjacent to an activating group) is 1. The molecular formula is C17H27ClN2O2. The average molecular weight is 327 g/mol. The first-order chi connectivity index (χ1) is 10.2. The van der Waals surface area contributed by atoms with Gasteiger partial charge in [-0.25, -0.2) is 0 Å². The monoisotopic (exact) mass is 326 g/mol. The summed E-state index contributed by atoms with van der Waals surface area (Å²) in [5.74, 6) is 1.16. The number of benzene rings is 1. The number of rotatable bonds is 6. The molecule has 1 amide bonds. The van der Waals surface area contributed by atoms with Gasteiger partial charge in [0.2, 0.25) is 5.91 Å². The van der Waals surface area contributed by atoms with Crippen molar-refractivity contribution in [3.63, 3.8) is 0 Å². The number of aryl methyl sites for hydroxylation is 1. The maximum absolute atomic E-state index is 12.3. The molecule has 0 saturated carbocycles. The zero-order chi connectivity index (χ0) is 15.1. The number of nitrogens with one attached hydrogen (secondary N) is 1. The van der Waals surface area contributed by atoms with Crippen LogP contribution in [0.2, 0.25) is 0 Å². The molecule has 1 fully saturated rings. The number of halogens is 1. The zero-order valence-corrected chi connectivity index (χ0v) is 14.3. The minimum absolute atomic E-state index is 0. The van der Waals surface area contributed by atoms with Gasteiger partial charge in [-0.15, -0.1) is 12.4 Å². The van der Waals surface area contributed by atoms with Crippen molar-refractivity contribution in [2.45, 2.75) is 38.6 Å². The van der Waals surface area contributed by atoms with Gasteiger partial charge in [0, 0.05) is 25.6 Å². The van der Waals surface area contributed by atoms with Crippen molar-refractivity contribution < 1.29 is 9.53 Å². The standard InChI is InChI=1S/C17H26N2O2.ClH/c1-3-21-16-9-6-14(7-10-16)8-11-17(20)19-12-4-5-15(13-19)18-2;/h6-7,9-10,15,18H,3-5,8,11-13H2,1-2H3;1H. The Morgan fingerprint density at radius 3 is 2.73 bits per heavy atom. The van der Waals surface area contributed by atoms with Gasteiger partial charge in [0.25, 0.3) is 0 Å². The van der Waals surface area contributed by atoms with E-state index < -0.39 is 0 Å². The second kappa shape index (κ2) is 9.70. The first-order valence-corrected chi connectivity index (χ1v) is 7.89. The van der Waals surface area contributed by atoms with Crippen LogP contribution in [0.1, 0.15) is 31.7 Å². The first-order valence-electron chi connectivity index (χ1n) is 7.89. The summed E-state index contributed by atoms with van der Waals surface area (Å²) >= 11 is 0. The molecule has 0 aromatic heterocycles. The number of likely N-dealkylation sites (tertiary alicyclic amines) is 1. The van der Waals surface area contributed by atoms with Gasteiger partial charge >= 0.3 is 0 Å². The van der Waals surface area contributed by atoms with E-state index in [4.69, 9.17) is 4.74 Å². The summed E-state index contributed by atoms with van der Waals surface area (Å²) in [5, 5.41) is 3.27. The number of hydrogen-bond acceptors (Lipinski definition) is 3. The van der Waals surface area contributed by atoms with Crippen LogP contribution in [-0.4, -0.2) is 43.6 Å². The number of piperidine rings is 1. The van der Waals surface area contributed by atoms with Crippen molar-refractivity contribution in [2.24, 2.45) is 0 Å². The summed E-state index contributed by atoms with van der Waals surface area (Å²) in [5.41, 5.74) is 1.19. The van der Waals surface area contributed by atoms with Gasteiger partial charge in [0.1, 0.15) is 5.75 Å². The zero-order valence-electron chi connectivity index (χ0n) is 13.5. The molecule has 5 heteroatoms. The molecule has 2 rings (SSSR count). The third-order valence-electron chi connectivity index (χ3n) is 4.04. The molecule has 0 aliphatic carbocycles. The second-order valence-electron chi connectivity index (χ2n) is 5.54. The highest BCUT2D eigenvalue weighted by Crippen LogP contribution is 2.15. The SMILES string of the molecule is CCOc1ccc(CCC(=O)N2CCCC(NC)C2)cc1.Cl. The number of hydrogen-bond donors (Lipinski definition) is 1. The Balaban J connectivity index is 0.00000242. The molecule has 0 radical (unpaired) electrons. The Hall–Kier alpha value is -1.26. The fourth-order valence-corrected chi connectivity index (χ4v) is 2.77. The normalized spacial score (nSPS) is 17.7. The van der Waals surface area contributed by atoms with E-state index in [1.54, 1.807) is 0 Å². The molecule has 1 aromatic rings. The van der Waals surface area contributed by atoms with E-state index in [1.165, 1.54) is 12.0 Å². The number of amides is 1. The molecule has 0 bridgehead atoms. The lowest BCUT2D eigenvalue weighted by atomic mass is 10.0. The predicted octanol–water partition coefficient (Wildman–Crippen LogP) is 2.65. The molecule has 1 heterocycles. The number of ether oxygens (including phenoxy) is 1. The van der Waals surface area contributed by atoms with Crippen molar-refractivity contribution in [3.05, 3.63) is 29.8 Å². The van der Waals surface area contributed by atoms with E-state index in [-0.39, 0.29) is 18.3 Å². The smallest absolute Gasteiger partial charge is 0.222 e. The van der Waals surface area contributed by atoms with Crippen molar-refractivity contribution in [2.75, 3.05) is 26.7 Å². The molecule has 4 nitrogen and oxygen atoms in total.